The van der Waals surface area contributed by atoms with Gasteiger partial charge in [-0.25, -0.2) is 0 Å². The van der Waals surface area contributed by atoms with E-state index in [0.29, 0.717) is 35.7 Å². The number of nitrogens with one attached hydrogen (secondary N) is 3. The Labute approximate surface area is 163 Å². The van der Waals surface area contributed by atoms with Gasteiger partial charge in [0, 0.05) is 18.3 Å². The van der Waals surface area contributed by atoms with E-state index in [-0.39, 0.29) is 17.7 Å². The number of ether oxygens (including phenoxy) is 1. The molecule has 0 saturated heterocycles. The van der Waals surface area contributed by atoms with Gasteiger partial charge in [-0.05, 0) is 61.7 Å². The van der Waals surface area contributed by atoms with Gasteiger partial charge in [0.15, 0.2) is 0 Å². The highest BCUT2D eigenvalue weighted by Crippen LogP contribution is 2.48. The summed E-state index contributed by atoms with van der Waals surface area (Å²) in [5.41, 5.74) is 1.64. The van der Waals surface area contributed by atoms with Crippen LogP contribution in [0.5, 0.6) is 5.75 Å². The number of hydrogen-bond acceptors (Lipinski definition) is 4. The Hall–Kier alpha value is -3.35. The Bertz CT molecular complexity index is 918. The zero-order valence-electron chi connectivity index (χ0n) is 16.1. The quantitative estimate of drug-likeness (QED) is 0.669. The van der Waals surface area contributed by atoms with Crippen LogP contribution in [0.1, 0.15) is 25.3 Å². The van der Waals surface area contributed by atoms with Crippen LogP contribution in [0.2, 0.25) is 0 Å². The molecule has 0 bridgehead atoms. The number of anilines is 3. The van der Waals surface area contributed by atoms with Crippen LogP contribution in [0, 0.1) is 12.3 Å². The fourth-order valence-corrected chi connectivity index (χ4v) is 2.93. The third-order valence-electron chi connectivity index (χ3n) is 4.69. The summed E-state index contributed by atoms with van der Waals surface area (Å²) in [6.07, 6.45) is 0.978. The highest BCUT2D eigenvalue weighted by Gasteiger charge is 2.56. The van der Waals surface area contributed by atoms with Crippen molar-refractivity contribution >= 4 is 34.8 Å². The van der Waals surface area contributed by atoms with Gasteiger partial charge in [-0.2, -0.15) is 0 Å². The molecule has 0 atom stereocenters. The second kappa shape index (κ2) is 7.72. The first-order valence-electron chi connectivity index (χ1n) is 8.99. The van der Waals surface area contributed by atoms with E-state index in [4.69, 9.17) is 4.74 Å². The van der Waals surface area contributed by atoms with Crippen molar-refractivity contribution < 1.29 is 19.1 Å². The minimum Gasteiger partial charge on any atom is -0.495 e. The Morgan fingerprint density at radius 3 is 2.00 bits per heavy atom. The molecule has 0 spiro atoms. The van der Waals surface area contributed by atoms with Crippen LogP contribution in [-0.2, 0) is 14.4 Å². The topological polar surface area (TPSA) is 96.5 Å². The molecule has 0 aliphatic heterocycles. The Morgan fingerprint density at radius 1 is 0.893 bits per heavy atom. The van der Waals surface area contributed by atoms with E-state index < -0.39 is 5.41 Å². The third-order valence-corrected chi connectivity index (χ3v) is 4.69. The predicted octanol–water partition coefficient (Wildman–Crippen LogP) is 3.32. The highest BCUT2D eigenvalue weighted by atomic mass is 16.5. The number of methoxy groups -OCH3 is 1. The molecule has 146 valence electrons. The van der Waals surface area contributed by atoms with Gasteiger partial charge in [0.1, 0.15) is 11.2 Å². The van der Waals surface area contributed by atoms with Gasteiger partial charge in [-0.1, -0.05) is 6.07 Å². The third kappa shape index (κ3) is 4.14. The first-order valence-corrected chi connectivity index (χ1v) is 8.99. The maximum Gasteiger partial charge on any atom is 0.240 e. The second-order valence-corrected chi connectivity index (χ2v) is 6.95. The van der Waals surface area contributed by atoms with Gasteiger partial charge >= 0.3 is 0 Å². The van der Waals surface area contributed by atoms with Gasteiger partial charge in [0.25, 0.3) is 0 Å². The van der Waals surface area contributed by atoms with Crippen molar-refractivity contribution in [3.63, 3.8) is 0 Å². The van der Waals surface area contributed by atoms with E-state index in [1.807, 2.05) is 19.1 Å². The Balaban J connectivity index is 1.69. The average molecular weight is 381 g/mol. The van der Waals surface area contributed by atoms with Crippen LogP contribution < -0.4 is 20.7 Å². The van der Waals surface area contributed by atoms with E-state index in [0.717, 1.165) is 5.56 Å². The van der Waals surface area contributed by atoms with Crippen LogP contribution in [0.3, 0.4) is 0 Å². The molecule has 3 N–H and O–H groups in total. The Kier molecular flexibility index (Phi) is 5.35. The second-order valence-electron chi connectivity index (χ2n) is 6.95. The first kappa shape index (κ1) is 19.4. The first-order chi connectivity index (χ1) is 13.3. The minimum atomic E-state index is -1.08. The summed E-state index contributed by atoms with van der Waals surface area (Å²) in [7, 11) is 1.53. The van der Waals surface area contributed by atoms with Crippen molar-refractivity contribution in [1.82, 2.24) is 0 Å². The number of carbonyl (C=O) groups is 3. The molecule has 0 unspecified atom stereocenters. The summed E-state index contributed by atoms with van der Waals surface area (Å²) in [6.45, 7) is 3.34. The van der Waals surface area contributed by atoms with E-state index in [1.165, 1.54) is 14.0 Å². The summed E-state index contributed by atoms with van der Waals surface area (Å²) >= 11 is 0. The Morgan fingerprint density at radius 2 is 1.46 bits per heavy atom. The van der Waals surface area contributed by atoms with Crippen LogP contribution >= 0.6 is 0 Å². The number of benzene rings is 2. The largest absolute Gasteiger partial charge is 0.495 e. The summed E-state index contributed by atoms with van der Waals surface area (Å²) in [5, 5.41) is 8.28. The molecule has 1 aliphatic carbocycles. The summed E-state index contributed by atoms with van der Waals surface area (Å²) in [4.78, 5) is 36.6. The zero-order valence-corrected chi connectivity index (χ0v) is 16.1. The van der Waals surface area contributed by atoms with Crippen molar-refractivity contribution in [2.24, 2.45) is 5.41 Å². The number of aryl methyl sites for hydroxylation is 1. The molecule has 3 rings (SSSR count). The van der Waals surface area contributed by atoms with E-state index >= 15 is 0 Å². The van der Waals surface area contributed by atoms with Gasteiger partial charge in [0.2, 0.25) is 17.7 Å². The fourth-order valence-electron chi connectivity index (χ4n) is 2.93. The van der Waals surface area contributed by atoms with Crippen molar-refractivity contribution in [3.05, 3.63) is 48.0 Å². The standard InChI is InChI=1S/C21H23N3O4/c1-13-4-9-18(28-3)17(12-13)24-20(27)21(10-11-21)19(26)23-16-7-5-15(6-8-16)22-14(2)25/h4-9,12H,10-11H2,1-3H3,(H,22,25)(H,23,26)(H,24,27). The molecule has 0 radical (unpaired) electrons. The molecule has 7 heteroatoms. The van der Waals surface area contributed by atoms with Crippen LogP contribution in [0.25, 0.3) is 0 Å². The lowest BCUT2D eigenvalue weighted by molar-refractivity contribution is -0.131. The maximum absolute atomic E-state index is 12.8. The molecule has 1 saturated carbocycles. The minimum absolute atomic E-state index is 0.169. The van der Waals surface area contributed by atoms with Gasteiger partial charge < -0.3 is 20.7 Å². The van der Waals surface area contributed by atoms with Crippen molar-refractivity contribution in [3.8, 4) is 5.75 Å². The number of carbonyl (C=O) groups excluding carboxylic acids is 3. The van der Waals surface area contributed by atoms with Crippen molar-refractivity contribution in [2.75, 3.05) is 23.1 Å². The molecule has 2 aromatic rings. The van der Waals surface area contributed by atoms with Crippen molar-refractivity contribution in [1.29, 1.82) is 0 Å². The molecule has 1 aliphatic rings. The van der Waals surface area contributed by atoms with E-state index in [2.05, 4.69) is 16.0 Å². The monoisotopic (exact) mass is 381 g/mol. The van der Waals surface area contributed by atoms with E-state index in [9.17, 15) is 14.4 Å². The number of hydrogen-bond donors (Lipinski definition) is 3. The lowest BCUT2D eigenvalue weighted by atomic mass is 10.0. The molecule has 28 heavy (non-hydrogen) atoms. The van der Waals surface area contributed by atoms with Crippen LogP contribution in [0.4, 0.5) is 17.1 Å². The maximum atomic E-state index is 12.8. The van der Waals surface area contributed by atoms with Crippen LogP contribution in [0.15, 0.2) is 42.5 Å². The lowest BCUT2D eigenvalue weighted by Crippen LogP contribution is -2.35. The lowest BCUT2D eigenvalue weighted by Gasteiger charge is -2.17. The average Bonchev–Trinajstić information content (AvgIpc) is 3.45. The SMILES string of the molecule is COc1ccc(C)cc1NC(=O)C1(C(=O)Nc2ccc(NC(C)=O)cc2)CC1. The molecule has 3 amide bonds. The molecule has 7 nitrogen and oxygen atoms in total. The molecular weight excluding hydrogens is 358 g/mol. The van der Waals surface area contributed by atoms with Gasteiger partial charge in [0.05, 0.1) is 12.8 Å². The predicted molar refractivity (Wildman–Crippen MR) is 107 cm³/mol. The molecule has 0 aromatic heterocycles. The highest BCUT2D eigenvalue weighted by molar-refractivity contribution is 6.17. The summed E-state index contributed by atoms with van der Waals surface area (Å²) in [5.74, 6) is -0.312. The smallest absolute Gasteiger partial charge is 0.240 e. The number of rotatable bonds is 6. The summed E-state index contributed by atoms with van der Waals surface area (Å²) in [6, 6.07) is 12.2. The van der Waals surface area contributed by atoms with Gasteiger partial charge in [-0.15, -0.1) is 0 Å². The fraction of sp³-hybridized carbons (Fsp3) is 0.286. The molecular formula is C21H23N3O4. The van der Waals surface area contributed by atoms with Crippen molar-refractivity contribution in [2.45, 2.75) is 26.7 Å². The molecule has 1 fully saturated rings. The zero-order chi connectivity index (χ0) is 20.3. The number of amides is 3. The normalized spacial score (nSPS) is 14.0. The van der Waals surface area contributed by atoms with Gasteiger partial charge in [-0.3, -0.25) is 14.4 Å². The summed E-state index contributed by atoms with van der Waals surface area (Å²) < 4.78 is 5.28. The van der Waals surface area contributed by atoms with E-state index in [1.54, 1.807) is 30.3 Å². The van der Waals surface area contributed by atoms with Crippen LogP contribution in [-0.4, -0.2) is 24.8 Å². The molecule has 2 aromatic carbocycles. The molecule has 0 heterocycles.